The van der Waals surface area contributed by atoms with E-state index in [9.17, 15) is 4.79 Å². The molecule has 0 radical (unpaired) electrons. The minimum atomic E-state index is -0.351. The standard InChI is InChI=1S/C27H38N4O4/c1-6-33-21-9-7-8-19-24-20(26(3,4)35-25(19)21)15-27(17-34-24)10-12-31(13-11-27)16-23(32)28-22-14-18(2)30(5)29-22/h7-9,14,20,24H,6,10-13,15-17H2,1-5H3,(H,28,29,32)/t20-,24+/m0/s1. The zero-order chi connectivity index (χ0) is 24.8. The van der Waals surface area contributed by atoms with E-state index < -0.39 is 0 Å². The third-order valence-corrected chi connectivity index (χ3v) is 8.13. The van der Waals surface area contributed by atoms with Crippen LogP contribution in [-0.2, 0) is 16.6 Å². The molecule has 3 aliphatic rings. The fourth-order valence-electron chi connectivity index (χ4n) is 5.95. The number of benzene rings is 1. The van der Waals surface area contributed by atoms with Gasteiger partial charge in [-0.15, -0.1) is 0 Å². The van der Waals surface area contributed by atoms with Crippen LogP contribution in [0.25, 0.3) is 0 Å². The Morgan fingerprint density at radius 3 is 2.74 bits per heavy atom. The molecule has 0 saturated carbocycles. The van der Waals surface area contributed by atoms with Crippen molar-refractivity contribution in [2.24, 2.45) is 18.4 Å². The molecule has 1 spiro atoms. The number of rotatable bonds is 5. The van der Waals surface area contributed by atoms with E-state index in [0.29, 0.717) is 19.0 Å². The van der Waals surface area contributed by atoms with E-state index >= 15 is 0 Å². The number of nitrogens with one attached hydrogen (secondary N) is 1. The first-order valence-corrected chi connectivity index (χ1v) is 12.8. The van der Waals surface area contributed by atoms with Crippen LogP contribution in [0.4, 0.5) is 5.82 Å². The summed E-state index contributed by atoms with van der Waals surface area (Å²) in [4.78, 5) is 14.8. The second-order valence-corrected chi connectivity index (χ2v) is 11.0. The highest BCUT2D eigenvalue weighted by Gasteiger charge is 2.53. The maximum Gasteiger partial charge on any atom is 0.239 e. The van der Waals surface area contributed by atoms with Gasteiger partial charge in [0.05, 0.1) is 25.9 Å². The quantitative estimate of drug-likeness (QED) is 0.692. The van der Waals surface area contributed by atoms with Crippen LogP contribution in [0.3, 0.4) is 0 Å². The Morgan fingerprint density at radius 1 is 1.29 bits per heavy atom. The van der Waals surface area contributed by atoms with Crippen molar-refractivity contribution in [1.82, 2.24) is 14.7 Å². The lowest BCUT2D eigenvalue weighted by atomic mass is 9.64. The third kappa shape index (κ3) is 4.66. The first-order valence-electron chi connectivity index (χ1n) is 12.8. The maximum atomic E-state index is 12.6. The number of hydrogen-bond acceptors (Lipinski definition) is 6. The average Bonchev–Trinajstić information content (AvgIpc) is 3.12. The zero-order valence-corrected chi connectivity index (χ0v) is 21.6. The van der Waals surface area contributed by atoms with E-state index in [-0.39, 0.29) is 28.9 Å². The van der Waals surface area contributed by atoms with Crippen molar-refractivity contribution in [3.8, 4) is 11.5 Å². The number of para-hydroxylation sites is 1. The van der Waals surface area contributed by atoms with Gasteiger partial charge in [0.25, 0.3) is 0 Å². The Morgan fingerprint density at radius 2 is 2.06 bits per heavy atom. The van der Waals surface area contributed by atoms with Crippen LogP contribution >= 0.6 is 0 Å². The third-order valence-electron chi connectivity index (χ3n) is 8.13. The Hall–Kier alpha value is -2.58. The first kappa shape index (κ1) is 24.1. The van der Waals surface area contributed by atoms with Crippen molar-refractivity contribution >= 4 is 11.7 Å². The van der Waals surface area contributed by atoms with Gasteiger partial charge < -0.3 is 19.5 Å². The van der Waals surface area contributed by atoms with Gasteiger partial charge in [-0.3, -0.25) is 14.4 Å². The molecule has 5 rings (SSSR count). The number of likely N-dealkylation sites (tertiary alicyclic amines) is 1. The van der Waals surface area contributed by atoms with Crippen molar-refractivity contribution in [3.05, 3.63) is 35.5 Å². The summed E-state index contributed by atoms with van der Waals surface area (Å²) in [5, 5.41) is 7.25. The van der Waals surface area contributed by atoms with Crippen molar-refractivity contribution < 1.29 is 19.0 Å². The molecule has 2 saturated heterocycles. The summed E-state index contributed by atoms with van der Waals surface area (Å²) in [6.45, 7) is 11.8. The first-order chi connectivity index (χ1) is 16.7. The highest BCUT2D eigenvalue weighted by atomic mass is 16.5. The molecule has 4 heterocycles. The summed E-state index contributed by atoms with van der Waals surface area (Å²) in [6, 6.07) is 8.02. The number of hydrogen-bond donors (Lipinski definition) is 1. The van der Waals surface area contributed by atoms with Crippen LogP contribution in [0.15, 0.2) is 24.3 Å². The number of piperidine rings is 1. The summed E-state index contributed by atoms with van der Waals surface area (Å²) in [5.41, 5.74) is 1.90. The van der Waals surface area contributed by atoms with Gasteiger partial charge in [0, 0.05) is 30.3 Å². The van der Waals surface area contributed by atoms with Gasteiger partial charge >= 0.3 is 0 Å². The molecule has 8 nitrogen and oxygen atoms in total. The molecule has 1 aromatic heterocycles. The molecule has 1 N–H and O–H groups in total. The summed E-state index contributed by atoms with van der Waals surface area (Å²) >= 11 is 0. The Balaban J connectivity index is 1.22. The summed E-state index contributed by atoms with van der Waals surface area (Å²) in [6.07, 6.45) is 3.13. The average molecular weight is 483 g/mol. The lowest BCUT2D eigenvalue weighted by molar-refractivity contribution is -0.174. The van der Waals surface area contributed by atoms with Gasteiger partial charge in [-0.05, 0) is 71.5 Å². The van der Waals surface area contributed by atoms with Gasteiger partial charge in [-0.2, -0.15) is 5.10 Å². The summed E-state index contributed by atoms with van der Waals surface area (Å²) < 4.78 is 20.8. The lowest BCUT2D eigenvalue weighted by Gasteiger charge is -2.54. The smallest absolute Gasteiger partial charge is 0.239 e. The molecule has 0 aliphatic carbocycles. The number of ether oxygens (including phenoxy) is 3. The summed E-state index contributed by atoms with van der Waals surface area (Å²) in [7, 11) is 1.88. The highest BCUT2D eigenvalue weighted by molar-refractivity contribution is 5.91. The predicted molar refractivity (Wildman–Crippen MR) is 134 cm³/mol. The Bertz CT molecular complexity index is 1070. The topological polar surface area (TPSA) is 77.9 Å². The molecule has 0 bridgehead atoms. The van der Waals surface area contributed by atoms with Crippen LogP contribution in [0, 0.1) is 18.3 Å². The van der Waals surface area contributed by atoms with Gasteiger partial charge in [0.2, 0.25) is 5.91 Å². The number of amides is 1. The van der Waals surface area contributed by atoms with Gasteiger partial charge in [0.15, 0.2) is 17.3 Å². The van der Waals surface area contributed by atoms with Crippen LogP contribution in [0.5, 0.6) is 11.5 Å². The predicted octanol–water partition coefficient (Wildman–Crippen LogP) is 4.10. The van der Waals surface area contributed by atoms with Gasteiger partial charge in [-0.1, -0.05) is 12.1 Å². The van der Waals surface area contributed by atoms with Crippen LogP contribution in [0.2, 0.25) is 0 Å². The van der Waals surface area contributed by atoms with E-state index in [1.165, 1.54) is 0 Å². The summed E-state index contributed by atoms with van der Waals surface area (Å²) in [5.74, 6) is 2.50. The monoisotopic (exact) mass is 482 g/mol. The van der Waals surface area contributed by atoms with Crippen molar-refractivity contribution in [3.63, 3.8) is 0 Å². The molecular weight excluding hydrogens is 444 g/mol. The van der Waals surface area contributed by atoms with Gasteiger partial charge in [0.1, 0.15) is 5.60 Å². The molecule has 8 heteroatoms. The minimum Gasteiger partial charge on any atom is -0.490 e. The Labute approximate surface area is 207 Å². The number of nitrogens with zero attached hydrogens (tertiary/aromatic N) is 3. The molecule has 2 atom stereocenters. The van der Waals surface area contributed by atoms with E-state index in [2.05, 4.69) is 35.2 Å². The largest absolute Gasteiger partial charge is 0.490 e. The molecule has 1 aromatic carbocycles. The fraction of sp³-hybridized carbons (Fsp3) is 0.630. The van der Waals surface area contributed by atoms with E-state index in [4.69, 9.17) is 14.2 Å². The number of aryl methyl sites for hydroxylation is 2. The number of carbonyl (C=O) groups is 1. The molecule has 0 unspecified atom stereocenters. The molecule has 190 valence electrons. The molecule has 3 aliphatic heterocycles. The molecular formula is C27H38N4O4. The minimum absolute atomic E-state index is 0.0115. The van der Waals surface area contributed by atoms with Gasteiger partial charge in [-0.25, -0.2) is 0 Å². The van der Waals surface area contributed by atoms with Crippen molar-refractivity contribution in [2.45, 2.75) is 58.7 Å². The van der Waals surface area contributed by atoms with E-state index in [0.717, 1.165) is 61.7 Å². The van der Waals surface area contributed by atoms with E-state index in [1.54, 1.807) is 4.68 Å². The molecule has 2 aromatic rings. The van der Waals surface area contributed by atoms with Crippen LogP contribution in [-0.4, -0.2) is 59.0 Å². The van der Waals surface area contributed by atoms with Crippen molar-refractivity contribution in [2.75, 3.05) is 38.2 Å². The highest BCUT2D eigenvalue weighted by Crippen LogP contribution is 2.57. The number of carbonyl (C=O) groups excluding carboxylic acids is 1. The number of anilines is 1. The normalized spacial score (nSPS) is 24.8. The van der Waals surface area contributed by atoms with E-state index in [1.807, 2.05) is 39.1 Å². The zero-order valence-electron chi connectivity index (χ0n) is 21.6. The fourth-order valence-corrected chi connectivity index (χ4v) is 5.95. The van der Waals surface area contributed by atoms with Crippen molar-refractivity contribution in [1.29, 1.82) is 0 Å². The second-order valence-electron chi connectivity index (χ2n) is 11.0. The second kappa shape index (κ2) is 9.13. The Kier molecular flexibility index (Phi) is 6.30. The number of aromatic nitrogens is 2. The maximum absolute atomic E-state index is 12.6. The van der Waals surface area contributed by atoms with Crippen LogP contribution in [0.1, 0.15) is 57.4 Å². The lowest BCUT2D eigenvalue weighted by Crippen LogP contribution is -2.54. The molecule has 2 fully saturated rings. The molecule has 1 amide bonds. The number of fused-ring (bicyclic) bond motifs is 3. The van der Waals surface area contributed by atoms with Crippen LogP contribution < -0.4 is 14.8 Å². The SMILES string of the molecule is CCOc1cccc2c1OC(C)(C)[C@H]1CC3(CCN(CC(=O)Nc4cc(C)n(C)n4)CC3)CO[C@H]21. The molecule has 35 heavy (non-hydrogen) atoms.